The van der Waals surface area contributed by atoms with Crippen LogP contribution in [0.3, 0.4) is 0 Å². The van der Waals surface area contributed by atoms with Crippen molar-refractivity contribution in [3.63, 3.8) is 0 Å². The molecule has 25 heavy (non-hydrogen) atoms. The molecule has 0 atom stereocenters. The molecule has 0 amide bonds. The van der Waals surface area contributed by atoms with E-state index in [4.69, 9.17) is 9.26 Å². The number of ether oxygens (including phenoxy) is 1. The Morgan fingerprint density at radius 1 is 1.32 bits per heavy atom. The summed E-state index contributed by atoms with van der Waals surface area (Å²) in [5.74, 6) is -0.215. The number of carbonyl (C=O) groups is 1. The highest BCUT2D eigenvalue weighted by molar-refractivity contribution is 5.91. The molecule has 0 spiro atoms. The van der Waals surface area contributed by atoms with Crippen molar-refractivity contribution in [3.05, 3.63) is 51.4 Å². The summed E-state index contributed by atoms with van der Waals surface area (Å²) in [6.45, 7) is 3.27. The Hall–Kier alpha value is -2.90. The topological polar surface area (TPSA) is 98.7 Å². The van der Waals surface area contributed by atoms with Gasteiger partial charge in [-0.3, -0.25) is 10.1 Å². The number of carbonyl (C=O) groups excluding carboxylic acids is 1. The lowest BCUT2D eigenvalue weighted by atomic mass is 10.1. The molecule has 2 heterocycles. The minimum atomic E-state index is -0.637. The fraction of sp³-hybridized carbons (Fsp3) is 0.412. The minimum Gasteiger partial charge on any atom is -0.454 e. The summed E-state index contributed by atoms with van der Waals surface area (Å²) in [4.78, 5) is 25.1. The summed E-state index contributed by atoms with van der Waals surface area (Å²) in [7, 11) is 0. The molecule has 1 aliphatic heterocycles. The van der Waals surface area contributed by atoms with Gasteiger partial charge in [0.05, 0.1) is 16.2 Å². The summed E-state index contributed by atoms with van der Waals surface area (Å²) in [6.07, 6.45) is 3.16. The van der Waals surface area contributed by atoms with Gasteiger partial charge in [-0.15, -0.1) is 0 Å². The van der Waals surface area contributed by atoms with Crippen LogP contribution in [0.2, 0.25) is 0 Å². The fourth-order valence-electron chi connectivity index (χ4n) is 2.90. The van der Waals surface area contributed by atoms with Gasteiger partial charge in [0.1, 0.15) is 5.69 Å². The van der Waals surface area contributed by atoms with Crippen molar-refractivity contribution in [1.82, 2.24) is 5.16 Å². The fourth-order valence-corrected chi connectivity index (χ4v) is 2.90. The zero-order chi connectivity index (χ0) is 17.8. The van der Waals surface area contributed by atoms with Crippen LogP contribution in [0.15, 0.2) is 28.8 Å². The number of nitrogens with zero attached hydrogens (tertiary/aromatic N) is 3. The maximum absolute atomic E-state index is 12.2. The quantitative estimate of drug-likeness (QED) is 0.466. The van der Waals surface area contributed by atoms with Crippen LogP contribution in [0.5, 0.6) is 0 Å². The summed E-state index contributed by atoms with van der Waals surface area (Å²) in [5.41, 5.74) is 1.30. The van der Waals surface area contributed by atoms with E-state index in [0.717, 1.165) is 32.4 Å². The standard InChI is InChI=1S/C17H19N3O5/c1-12-9-14(25-18-12)11-24-17(21)13-5-6-15(16(10-13)20(22)23)19-7-3-2-4-8-19/h5-6,9-10H,2-4,7-8,11H2,1H3. The predicted molar refractivity (Wildman–Crippen MR) is 89.5 cm³/mol. The third-order valence-electron chi connectivity index (χ3n) is 4.13. The number of nitro groups is 1. The second-order valence-electron chi connectivity index (χ2n) is 6.02. The molecule has 1 saturated heterocycles. The van der Waals surface area contributed by atoms with Gasteiger partial charge < -0.3 is 14.2 Å². The van der Waals surface area contributed by atoms with Crippen LogP contribution in [0, 0.1) is 17.0 Å². The molecule has 1 aromatic carbocycles. The van der Waals surface area contributed by atoms with Gasteiger partial charge in [-0.1, -0.05) is 5.16 Å². The maximum Gasteiger partial charge on any atom is 0.338 e. The van der Waals surface area contributed by atoms with Crippen LogP contribution in [-0.2, 0) is 11.3 Å². The normalized spacial score (nSPS) is 14.4. The molecule has 0 unspecified atom stereocenters. The molecular weight excluding hydrogens is 326 g/mol. The van der Waals surface area contributed by atoms with Gasteiger partial charge in [0.2, 0.25) is 0 Å². The molecule has 1 aromatic heterocycles. The lowest BCUT2D eigenvalue weighted by molar-refractivity contribution is -0.384. The number of nitro benzene ring substituents is 1. The van der Waals surface area contributed by atoms with Crippen molar-refractivity contribution in [2.75, 3.05) is 18.0 Å². The van der Waals surface area contributed by atoms with E-state index in [1.54, 1.807) is 25.1 Å². The van der Waals surface area contributed by atoms with E-state index >= 15 is 0 Å². The summed E-state index contributed by atoms with van der Waals surface area (Å²) >= 11 is 0. The molecule has 3 rings (SSSR count). The first kappa shape index (κ1) is 16.9. The zero-order valence-electron chi connectivity index (χ0n) is 13.9. The first-order chi connectivity index (χ1) is 12.0. The number of hydrogen-bond donors (Lipinski definition) is 0. The molecule has 0 bridgehead atoms. The minimum absolute atomic E-state index is 0.0681. The van der Waals surface area contributed by atoms with Gasteiger partial charge in [-0.2, -0.15) is 0 Å². The van der Waals surface area contributed by atoms with Gasteiger partial charge in [-0.05, 0) is 38.3 Å². The Bertz CT molecular complexity index is 780. The van der Waals surface area contributed by atoms with Crippen LogP contribution in [-0.4, -0.2) is 29.1 Å². The molecule has 0 aliphatic carbocycles. The Labute approximate surface area is 144 Å². The van der Waals surface area contributed by atoms with Crippen LogP contribution in [0.4, 0.5) is 11.4 Å². The number of esters is 1. The van der Waals surface area contributed by atoms with Gasteiger partial charge in [0, 0.05) is 25.2 Å². The number of piperidine rings is 1. The summed E-state index contributed by atoms with van der Waals surface area (Å²) < 4.78 is 10.1. The molecule has 1 aliphatic rings. The van der Waals surface area contributed by atoms with Crippen molar-refractivity contribution < 1.29 is 19.0 Å². The molecular formula is C17H19N3O5. The Morgan fingerprint density at radius 3 is 2.72 bits per heavy atom. The largest absolute Gasteiger partial charge is 0.454 e. The zero-order valence-corrected chi connectivity index (χ0v) is 13.9. The van der Waals surface area contributed by atoms with Gasteiger partial charge >= 0.3 is 5.97 Å². The lowest BCUT2D eigenvalue weighted by Crippen LogP contribution is -2.30. The third kappa shape index (κ3) is 3.96. The maximum atomic E-state index is 12.2. The highest BCUT2D eigenvalue weighted by Gasteiger charge is 2.23. The van der Waals surface area contributed by atoms with Crippen molar-refractivity contribution in [2.45, 2.75) is 32.8 Å². The predicted octanol–water partition coefficient (Wildman–Crippen LogP) is 3.24. The molecule has 132 valence electrons. The molecule has 1 fully saturated rings. The average Bonchev–Trinajstić information content (AvgIpc) is 3.05. The van der Waals surface area contributed by atoms with Crippen molar-refractivity contribution in [2.24, 2.45) is 0 Å². The van der Waals surface area contributed by atoms with Gasteiger partial charge in [0.15, 0.2) is 12.4 Å². The van der Waals surface area contributed by atoms with Crippen molar-refractivity contribution in [1.29, 1.82) is 0 Å². The molecule has 0 radical (unpaired) electrons. The van der Waals surface area contributed by atoms with Crippen LogP contribution < -0.4 is 4.90 Å². The number of benzene rings is 1. The number of rotatable bonds is 5. The van der Waals surface area contributed by atoms with E-state index in [9.17, 15) is 14.9 Å². The number of aryl methyl sites for hydroxylation is 1. The Balaban J connectivity index is 1.76. The highest BCUT2D eigenvalue weighted by atomic mass is 16.6. The van der Waals surface area contributed by atoms with Crippen LogP contribution in [0.1, 0.15) is 41.1 Å². The summed E-state index contributed by atoms with van der Waals surface area (Å²) in [6, 6.07) is 6.12. The SMILES string of the molecule is Cc1cc(COC(=O)c2ccc(N3CCCCC3)c([N+](=O)[O-])c2)on1. The van der Waals surface area contributed by atoms with E-state index in [1.807, 2.05) is 4.90 Å². The average molecular weight is 345 g/mol. The molecule has 0 N–H and O–H groups in total. The van der Waals surface area contributed by atoms with Crippen LogP contribution >= 0.6 is 0 Å². The Kier molecular flexibility index (Phi) is 4.97. The van der Waals surface area contributed by atoms with Gasteiger partial charge in [-0.25, -0.2) is 4.79 Å². The third-order valence-corrected chi connectivity index (χ3v) is 4.13. The first-order valence-electron chi connectivity index (χ1n) is 8.17. The summed E-state index contributed by atoms with van der Waals surface area (Å²) in [5, 5.41) is 15.1. The number of hydrogen-bond acceptors (Lipinski definition) is 7. The molecule has 8 nitrogen and oxygen atoms in total. The molecule has 0 saturated carbocycles. The van der Waals surface area contributed by atoms with E-state index < -0.39 is 10.9 Å². The van der Waals surface area contributed by atoms with E-state index in [0.29, 0.717) is 17.1 Å². The van der Waals surface area contributed by atoms with E-state index in [2.05, 4.69) is 5.16 Å². The first-order valence-corrected chi connectivity index (χ1v) is 8.17. The van der Waals surface area contributed by atoms with Crippen molar-refractivity contribution >= 4 is 17.3 Å². The monoisotopic (exact) mass is 345 g/mol. The van der Waals surface area contributed by atoms with Gasteiger partial charge in [0.25, 0.3) is 5.69 Å². The van der Waals surface area contributed by atoms with Crippen LogP contribution in [0.25, 0.3) is 0 Å². The second kappa shape index (κ2) is 7.33. The number of anilines is 1. The smallest absolute Gasteiger partial charge is 0.338 e. The lowest BCUT2D eigenvalue weighted by Gasteiger charge is -2.28. The Morgan fingerprint density at radius 2 is 2.08 bits per heavy atom. The highest BCUT2D eigenvalue weighted by Crippen LogP contribution is 2.31. The van der Waals surface area contributed by atoms with Crippen molar-refractivity contribution in [3.8, 4) is 0 Å². The number of aromatic nitrogens is 1. The van der Waals surface area contributed by atoms with E-state index in [-0.39, 0.29) is 17.9 Å². The molecule has 2 aromatic rings. The second-order valence-corrected chi connectivity index (χ2v) is 6.02. The van der Waals surface area contributed by atoms with E-state index in [1.165, 1.54) is 6.07 Å². The molecule has 8 heteroatoms.